The number of benzene rings is 1. The third-order valence-corrected chi connectivity index (χ3v) is 4.40. The molecule has 0 unspecified atom stereocenters. The molecule has 0 atom stereocenters. The second kappa shape index (κ2) is 7.33. The van der Waals surface area contributed by atoms with Crippen molar-refractivity contribution in [2.75, 3.05) is 0 Å². The van der Waals surface area contributed by atoms with E-state index < -0.39 is 0 Å². The van der Waals surface area contributed by atoms with Crippen molar-refractivity contribution < 1.29 is 4.74 Å². The van der Waals surface area contributed by atoms with Crippen LogP contribution in [0.2, 0.25) is 0 Å². The third-order valence-electron chi connectivity index (χ3n) is 3.26. The Labute approximate surface area is 156 Å². The lowest BCUT2D eigenvalue weighted by Crippen LogP contribution is -2.22. The van der Waals surface area contributed by atoms with Crippen LogP contribution in [0.1, 0.15) is 37.0 Å². The summed E-state index contributed by atoms with van der Waals surface area (Å²) in [5, 5.41) is 13.6. The molecular formula is C18H20N4OS2. The summed E-state index contributed by atoms with van der Waals surface area (Å²) < 4.78 is 7.97. The largest absolute Gasteiger partial charge is 0.488 e. The molecule has 0 fully saturated rings. The quantitative estimate of drug-likeness (QED) is 0.524. The summed E-state index contributed by atoms with van der Waals surface area (Å²) in [4.78, 5) is 1.22. The van der Waals surface area contributed by atoms with Crippen LogP contribution in [0.3, 0.4) is 0 Å². The van der Waals surface area contributed by atoms with Crippen LogP contribution >= 0.6 is 23.6 Å². The molecule has 25 heavy (non-hydrogen) atoms. The lowest BCUT2D eigenvalue weighted by Gasteiger charge is -2.21. The first-order valence-corrected chi connectivity index (χ1v) is 9.22. The van der Waals surface area contributed by atoms with Crippen molar-refractivity contribution in [3.05, 3.63) is 62.8 Å². The minimum atomic E-state index is -0.212. The summed E-state index contributed by atoms with van der Waals surface area (Å²) in [5.41, 5.74) is 0.752. The molecule has 0 saturated heterocycles. The van der Waals surface area contributed by atoms with Crippen molar-refractivity contribution in [2.24, 2.45) is 5.10 Å². The lowest BCUT2D eigenvalue weighted by atomic mass is 10.2. The summed E-state index contributed by atoms with van der Waals surface area (Å²) in [6, 6.07) is 11.9. The Balaban J connectivity index is 1.76. The minimum Gasteiger partial charge on any atom is -0.488 e. The molecule has 5 nitrogen and oxygen atoms in total. The molecule has 130 valence electrons. The van der Waals surface area contributed by atoms with Crippen LogP contribution in [0.5, 0.6) is 5.75 Å². The van der Waals surface area contributed by atoms with E-state index in [0.29, 0.717) is 11.2 Å². The minimum absolute atomic E-state index is 0.212. The fraction of sp³-hybridized carbons (Fsp3) is 0.278. The zero-order chi connectivity index (χ0) is 17.9. The SMILES string of the molecule is CC(C)(C)Oc1ccc(/C=N\n2c(Cc3cccs3)n[nH]c2=S)cc1. The summed E-state index contributed by atoms with van der Waals surface area (Å²) in [6.07, 6.45) is 2.46. The molecule has 2 heterocycles. The van der Waals surface area contributed by atoms with Gasteiger partial charge in [0.25, 0.3) is 0 Å². The molecule has 0 aliphatic heterocycles. The summed E-state index contributed by atoms with van der Waals surface area (Å²) in [6.45, 7) is 6.08. The van der Waals surface area contributed by atoms with E-state index in [2.05, 4.69) is 21.4 Å². The molecule has 3 rings (SSSR count). The molecule has 0 amide bonds. The zero-order valence-corrected chi connectivity index (χ0v) is 16.0. The highest BCUT2D eigenvalue weighted by molar-refractivity contribution is 7.71. The fourth-order valence-electron chi connectivity index (χ4n) is 2.23. The molecule has 0 bridgehead atoms. The summed E-state index contributed by atoms with van der Waals surface area (Å²) in [5.74, 6) is 1.62. The molecular weight excluding hydrogens is 352 g/mol. The predicted octanol–water partition coefficient (Wildman–Crippen LogP) is 4.65. The Morgan fingerprint density at radius 2 is 2.04 bits per heavy atom. The van der Waals surface area contributed by atoms with Crippen molar-refractivity contribution in [3.8, 4) is 5.75 Å². The third kappa shape index (κ3) is 4.87. The van der Waals surface area contributed by atoms with Crippen LogP contribution in [0, 0.1) is 4.77 Å². The molecule has 1 N–H and O–H groups in total. The van der Waals surface area contributed by atoms with Gasteiger partial charge < -0.3 is 4.74 Å². The van der Waals surface area contributed by atoms with Gasteiger partial charge in [-0.05, 0) is 74.3 Å². The summed E-state index contributed by atoms with van der Waals surface area (Å²) in [7, 11) is 0. The fourth-order valence-corrected chi connectivity index (χ4v) is 3.13. The number of rotatable bonds is 5. The van der Waals surface area contributed by atoms with Crippen LogP contribution < -0.4 is 4.74 Å². The maximum atomic E-state index is 5.82. The smallest absolute Gasteiger partial charge is 0.216 e. The van der Waals surface area contributed by atoms with Gasteiger partial charge in [-0.15, -0.1) is 11.3 Å². The van der Waals surface area contributed by atoms with Crippen LogP contribution in [-0.4, -0.2) is 26.7 Å². The molecule has 1 aromatic carbocycles. The van der Waals surface area contributed by atoms with E-state index in [9.17, 15) is 0 Å². The molecule has 0 aliphatic rings. The first-order chi connectivity index (χ1) is 11.9. The maximum Gasteiger partial charge on any atom is 0.216 e. The van der Waals surface area contributed by atoms with E-state index in [1.54, 1.807) is 22.2 Å². The standard InChI is InChI=1S/C18H20N4OS2/c1-18(2,3)23-14-8-6-13(7-9-14)12-19-22-16(20-21-17(22)24)11-15-5-4-10-25-15/h4-10,12H,11H2,1-3H3,(H,21,24)/b19-12-. The van der Waals surface area contributed by atoms with Crippen molar-refractivity contribution >= 4 is 29.8 Å². The average molecular weight is 373 g/mol. The number of H-pyrrole nitrogens is 1. The number of thiophene rings is 1. The van der Waals surface area contributed by atoms with E-state index in [1.807, 2.05) is 56.5 Å². The zero-order valence-electron chi connectivity index (χ0n) is 14.4. The van der Waals surface area contributed by atoms with Crippen LogP contribution in [0.4, 0.5) is 0 Å². The average Bonchev–Trinajstić information content (AvgIpc) is 3.17. The van der Waals surface area contributed by atoms with Crippen LogP contribution in [-0.2, 0) is 6.42 Å². The van der Waals surface area contributed by atoms with Crippen LogP contribution in [0.25, 0.3) is 0 Å². The highest BCUT2D eigenvalue weighted by Crippen LogP contribution is 2.18. The highest BCUT2D eigenvalue weighted by Gasteiger charge is 2.11. The Hall–Kier alpha value is -2.25. The number of aromatic amines is 1. The molecule has 3 aromatic rings. The first kappa shape index (κ1) is 17.6. The maximum absolute atomic E-state index is 5.82. The van der Waals surface area contributed by atoms with Crippen molar-refractivity contribution in [1.82, 2.24) is 14.9 Å². The van der Waals surface area contributed by atoms with Gasteiger partial charge in [-0.2, -0.15) is 14.9 Å². The first-order valence-electron chi connectivity index (χ1n) is 7.93. The highest BCUT2D eigenvalue weighted by atomic mass is 32.1. The van der Waals surface area contributed by atoms with Crippen molar-refractivity contribution in [2.45, 2.75) is 32.8 Å². The number of aromatic nitrogens is 3. The van der Waals surface area contributed by atoms with Gasteiger partial charge in [0.05, 0.1) is 6.21 Å². The van der Waals surface area contributed by atoms with E-state index >= 15 is 0 Å². The van der Waals surface area contributed by atoms with Gasteiger partial charge in [0.2, 0.25) is 4.77 Å². The molecule has 0 saturated carbocycles. The monoisotopic (exact) mass is 372 g/mol. The number of ether oxygens (including phenoxy) is 1. The van der Waals surface area contributed by atoms with Crippen molar-refractivity contribution in [1.29, 1.82) is 0 Å². The van der Waals surface area contributed by atoms with Gasteiger partial charge in [0.1, 0.15) is 11.4 Å². The number of hydrogen-bond acceptors (Lipinski definition) is 5. The second-order valence-electron chi connectivity index (χ2n) is 6.54. The Bertz CT molecular complexity index is 900. The molecule has 0 spiro atoms. The number of nitrogens with zero attached hydrogens (tertiary/aromatic N) is 3. The Morgan fingerprint density at radius 1 is 1.28 bits per heavy atom. The lowest BCUT2D eigenvalue weighted by molar-refractivity contribution is 0.131. The predicted molar refractivity (Wildman–Crippen MR) is 104 cm³/mol. The van der Waals surface area contributed by atoms with Gasteiger partial charge >= 0.3 is 0 Å². The van der Waals surface area contributed by atoms with Gasteiger partial charge in [-0.25, -0.2) is 0 Å². The van der Waals surface area contributed by atoms with Crippen molar-refractivity contribution in [3.63, 3.8) is 0 Å². The van der Waals surface area contributed by atoms with Gasteiger partial charge in [0.15, 0.2) is 5.82 Å². The Morgan fingerprint density at radius 3 is 2.68 bits per heavy atom. The van der Waals surface area contributed by atoms with Gasteiger partial charge in [-0.1, -0.05) is 6.07 Å². The topological polar surface area (TPSA) is 55.2 Å². The summed E-state index contributed by atoms with van der Waals surface area (Å²) >= 11 is 6.97. The van der Waals surface area contributed by atoms with E-state index in [-0.39, 0.29) is 5.60 Å². The number of hydrogen-bond donors (Lipinski definition) is 1. The van der Waals surface area contributed by atoms with E-state index in [4.69, 9.17) is 17.0 Å². The van der Waals surface area contributed by atoms with Gasteiger partial charge in [0, 0.05) is 11.3 Å². The molecule has 2 aromatic heterocycles. The Kier molecular flexibility index (Phi) is 5.15. The molecule has 0 aliphatic carbocycles. The second-order valence-corrected chi connectivity index (χ2v) is 7.96. The molecule has 0 radical (unpaired) electrons. The van der Waals surface area contributed by atoms with E-state index in [1.165, 1.54) is 4.88 Å². The van der Waals surface area contributed by atoms with E-state index in [0.717, 1.165) is 17.1 Å². The normalized spacial score (nSPS) is 12.0. The van der Waals surface area contributed by atoms with Crippen LogP contribution in [0.15, 0.2) is 46.9 Å². The van der Waals surface area contributed by atoms with Gasteiger partial charge in [-0.3, -0.25) is 5.10 Å². The number of nitrogens with one attached hydrogen (secondary N) is 1. The molecule has 7 heteroatoms.